The van der Waals surface area contributed by atoms with Gasteiger partial charge in [-0.05, 0) is 12.1 Å². The van der Waals surface area contributed by atoms with Gasteiger partial charge in [-0.1, -0.05) is 15.9 Å². The summed E-state index contributed by atoms with van der Waals surface area (Å²) in [6.45, 7) is 0.240. The van der Waals surface area contributed by atoms with E-state index in [1.54, 1.807) is 0 Å². The Morgan fingerprint density at radius 2 is 2.31 bits per heavy atom. The maximum atomic E-state index is 8.61. The van der Waals surface area contributed by atoms with Crippen molar-refractivity contribution in [3.8, 4) is 17.6 Å². The molecule has 0 fully saturated rings. The molecule has 4 heteroatoms. The Bertz CT molecular complexity index is 384. The van der Waals surface area contributed by atoms with E-state index in [1.165, 1.54) is 0 Å². The van der Waals surface area contributed by atoms with Crippen LogP contribution in [0.1, 0.15) is 5.56 Å². The lowest BCUT2D eigenvalue weighted by molar-refractivity contribution is 0.173. The zero-order chi connectivity index (χ0) is 9.26. The van der Waals surface area contributed by atoms with Crippen LogP contribution in [0, 0.1) is 11.3 Å². The first-order valence-electron chi connectivity index (χ1n) is 3.77. The van der Waals surface area contributed by atoms with Crippen molar-refractivity contribution in [3.05, 3.63) is 22.2 Å². The molecule has 1 heterocycles. The summed E-state index contributed by atoms with van der Waals surface area (Å²) in [7, 11) is 0. The SMILES string of the molecule is N#CCc1c(Br)ccc2c1OCO2. The zero-order valence-corrected chi connectivity index (χ0v) is 8.30. The fourth-order valence-corrected chi connectivity index (χ4v) is 1.70. The second kappa shape index (κ2) is 3.27. The van der Waals surface area contributed by atoms with Crippen LogP contribution in [0.3, 0.4) is 0 Å². The van der Waals surface area contributed by atoms with E-state index in [4.69, 9.17) is 14.7 Å². The third-order valence-electron chi connectivity index (χ3n) is 1.84. The highest BCUT2D eigenvalue weighted by Crippen LogP contribution is 2.39. The van der Waals surface area contributed by atoms with Gasteiger partial charge in [-0.25, -0.2) is 0 Å². The molecule has 0 aliphatic carbocycles. The molecule has 0 N–H and O–H groups in total. The van der Waals surface area contributed by atoms with Gasteiger partial charge in [0, 0.05) is 10.0 Å². The maximum absolute atomic E-state index is 8.61. The van der Waals surface area contributed by atoms with Gasteiger partial charge in [0.25, 0.3) is 0 Å². The monoisotopic (exact) mass is 239 g/mol. The minimum absolute atomic E-state index is 0.240. The number of benzene rings is 1. The molecule has 2 rings (SSSR count). The van der Waals surface area contributed by atoms with Crippen LogP contribution in [0.5, 0.6) is 11.5 Å². The minimum atomic E-state index is 0.240. The molecule has 0 atom stereocenters. The maximum Gasteiger partial charge on any atom is 0.231 e. The Morgan fingerprint density at radius 1 is 1.46 bits per heavy atom. The molecule has 0 unspecified atom stereocenters. The van der Waals surface area contributed by atoms with Crippen molar-refractivity contribution in [1.29, 1.82) is 5.26 Å². The van der Waals surface area contributed by atoms with Crippen molar-refractivity contribution in [1.82, 2.24) is 0 Å². The number of halogens is 1. The molecule has 0 saturated carbocycles. The number of rotatable bonds is 1. The number of ether oxygens (including phenoxy) is 2. The predicted molar refractivity (Wildman–Crippen MR) is 49.6 cm³/mol. The molecule has 1 aromatic rings. The Hall–Kier alpha value is -1.21. The van der Waals surface area contributed by atoms with Crippen molar-refractivity contribution in [2.45, 2.75) is 6.42 Å². The average molecular weight is 240 g/mol. The average Bonchev–Trinajstić information content (AvgIpc) is 2.58. The van der Waals surface area contributed by atoms with Gasteiger partial charge in [0.1, 0.15) is 0 Å². The Labute approximate surface area is 84.0 Å². The van der Waals surface area contributed by atoms with Crippen molar-refractivity contribution >= 4 is 15.9 Å². The molecule has 0 spiro atoms. The van der Waals surface area contributed by atoms with E-state index in [2.05, 4.69) is 22.0 Å². The van der Waals surface area contributed by atoms with Gasteiger partial charge in [-0.3, -0.25) is 0 Å². The van der Waals surface area contributed by atoms with Crippen LogP contribution in [0.15, 0.2) is 16.6 Å². The Kier molecular flexibility index (Phi) is 2.11. The van der Waals surface area contributed by atoms with Crippen LogP contribution >= 0.6 is 15.9 Å². The first-order valence-corrected chi connectivity index (χ1v) is 4.56. The summed E-state index contributed by atoms with van der Waals surface area (Å²) in [4.78, 5) is 0. The quantitative estimate of drug-likeness (QED) is 0.755. The molecule has 0 aromatic heterocycles. The van der Waals surface area contributed by atoms with Crippen molar-refractivity contribution in [2.24, 2.45) is 0 Å². The van der Waals surface area contributed by atoms with E-state index in [9.17, 15) is 0 Å². The first-order chi connectivity index (χ1) is 6.33. The molecular weight excluding hydrogens is 234 g/mol. The molecule has 3 nitrogen and oxygen atoms in total. The number of fused-ring (bicyclic) bond motifs is 1. The molecule has 0 amide bonds. The second-order valence-electron chi connectivity index (χ2n) is 2.59. The second-order valence-corrected chi connectivity index (χ2v) is 3.45. The number of hydrogen-bond donors (Lipinski definition) is 0. The number of hydrogen-bond acceptors (Lipinski definition) is 3. The highest BCUT2D eigenvalue weighted by atomic mass is 79.9. The summed E-state index contributed by atoms with van der Waals surface area (Å²) in [5.74, 6) is 1.41. The molecule has 0 radical (unpaired) electrons. The predicted octanol–water partition coefficient (Wildman–Crippen LogP) is 2.24. The summed E-state index contributed by atoms with van der Waals surface area (Å²) in [6, 6.07) is 5.78. The van der Waals surface area contributed by atoms with Gasteiger partial charge in [-0.2, -0.15) is 5.26 Å². The van der Waals surface area contributed by atoms with E-state index >= 15 is 0 Å². The van der Waals surface area contributed by atoms with Crippen molar-refractivity contribution in [3.63, 3.8) is 0 Å². The van der Waals surface area contributed by atoms with Crippen molar-refractivity contribution < 1.29 is 9.47 Å². The molecule has 66 valence electrons. The highest BCUT2D eigenvalue weighted by Gasteiger charge is 2.19. The highest BCUT2D eigenvalue weighted by molar-refractivity contribution is 9.10. The fourth-order valence-electron chi connectivity index (χ4n) is 1.25. The van der Waals surface area contributed by atoms with Crippen LogP contribution in [0.2, 0.25) is 0 Å². The molecule has 13 heavy (non-hydrogen) atoms. The minimum Gasteiger partial charge on any atom is -0.454 e. The van der Waals surface area contributed by atoms with Gasteiger partial charge < -0.3 is 9.47 Å². The van der Waals surface area contributed by atoms with E-state index in [0.717, 1.165) is 10.0 Å². The number of nitriles is 1. The van der Waals surface area contributed by atoms with Crippen LogP contribution in [0.4, 0.5) is 0 Å². The fraction of sp³-hybridized carbons (Fsp3) is 0.222. The molecule has 0 bridgehead atoms. The number of nitrogens with zero attached hydrogens (tertiary/aromatic N) is 1. The lowest BCUT2D eigenvalue weighted by Crippen LogP contribution is -1.94. The van der Waals surface area contributed by atoms with Gasteiger partial charge in [0.2, 0.25) is 6.79 Å². The summed E-state index contributed by atoms with van der Waals surface area (Å²) < 4.78 is 11.3. The lowest BCUT2D eigenvalue weighted by atomic mass is 10.1. The van der Waals surface area contributed by atoms with Crippen LogP contribution in [-0.2, 0) is 6.42 Å². The van der Waals surface area contributed by atoms with Gasteiger partial charge >= 0.3 is 0 Å². The smallest absolute Gasteiger partial charge is 0.231 e. The third-order valence-corrected chi connectivity index (χ3v) is 2.58. The van der Waals surface area contributed by atoms with Crippen LogP contribution in [0.25, 0.3) is 0 Å². The Balaban J connectivity index is 2.53. The molecule has 1 aliphatic rings. The Morgan fingerprint density at radius 3 is 3.08 bits per heavy atom. The topological polar surface area (TPSA) is 42.2 Å². The largest absolute Gasteiger partial charge is 0.454 e. The molecule has 1 aliphatic heterocycles. The van der Waals surface area contributed by atoms with Crippen LogP contribution < -0.4 is 9.47 Å². The van der Waals surface area contributed by atoms with E-state index in [0.29, 0.717) is 17.9 Å². The molecule has 0 saturated heterocycles. The summed E-state index contributed by atoms with van der Waals surface area (Å²) >= 11 is 3.36. The standard InChI is InChI=1S/C9H6BrNO2/c10-7-1-2-8-9(13-5-12-8)6(7)3-4-11/h1-2H,3,5H2. The molecular formula is C9H6BrNO2. The summed E-state index contributed by atoms with van der Waals surface area (Å²) in [5, 5.41) is 8.61. The summed E-state index contributed by atoms with van der Waals surface area (Å²) in [5.41, 5.74) is 0.859. The lowest BCUT2D eigenvalue weighted by Gasteiger charge is -2.03. The normalized spacial score (nSPS) is 12.6. The van der Waals surface area contributed by atoms with E-state index in [1.807, 2.05) is 12.1 Å². The van der Waals surface area contributed by atoms with Gasteiger partial charge in [0.15, 0.2) is 11.5 Å². The van der Waals surface area contributed by atoms with Crippen LogP contribution in [-0.4, -0.2) is 6.79 Å². The summed E-state index contributed by atoms with van der Waals surface area (Å²) in [6.07, 6.45) is 0.327. The first kappa shape index (κ1) is 8.39. The van der Waals surface area contributed by atoms with Gasteiger partial charge in [0.05, 0.1) is 12.5 Å². The van der Waals surface area contributed by atoms with Gasteiger partial charge in [-0.15, -0.1) is 0 Å². The van der Waals surface area contributed by atoms with E-state index in [-0.39, 0.29) is 6.79 Å². The zero-order valence-electron chi connectivity index (χ0n) is 6.71. The van der Waals surface area contributed by atoms with Crippen molar-refractivity contribution in [2.75, 3.05) is 6.79 Å². The third kappa shape index (κ3) is 1.36. The van der Waals surface area contributed by atoms with E-state index < -0.39 is 0 Å². The molecule has 1 aromatic carbocycles.